The number of hydrogen-bond donors (Lipinski definition) is 1. The lowest BCUT2D eigenvalue weighted by Gasteiger charge is -2.22. The highest BCUT2D eigenvalue weighted by Crippen LogP contribution is 2.32. The molecule has 6 heteroatoms. The molecule has 1 amide bonds. The van der Waals surface area contributed by atoms with E-state index < -0.39 is 0 Å². The van der Waals surface area contributed by atoms with Crippen molar-refractivity contribution in [2.45, 2.75) is 56.7 Å². The van der Waals surface area contributed by atoms with Crippen LogP contribution in [-0.2, 0) is 17.6 Å². The topological polar surface area (TPSA) is 78.7 Å². The molecule has 2 aromatic heterocycles. The SMILES string of the molecule is CCC(Sc1nc2c(cc1C#N)CC(C)CC2)C(=O)Nc1cccc(C)n1. The van der Waals surface area contributed by atoms with Gasteiger partial charge in [0.1, 0.15) is 16.9 Å². The van der Waals surface area contributed by atoms with Crippen LogP contribution in [0.5, 0.6) is 0 Å². The lowest BCUT2D eigenvalue weighted by molar-refractivity contribution is -0.115. The second-order valence-electron chi connectivity index (χ2n) is 7.07. The molecule has 1 N–H and O–H groups in total. The number of thioether (sulfide) groups is 1. The molecule has 0 bridgehead atoms. The van der Waals surface area contributed by atoms with Gasteiger partial charge in [-0.3, -0.25) is 4.79 Å². The summed E-state index contributed by atoms with van der Waals surface area (Å²) < 4.78 is 0. The summed E-state index contributed by atoms with van der Waals surface area (Å²) in [4.78, 5) is 21.8. The number of nitrogens with zero attached hydrogens (tertiary/aromatic N) is 3. The number of nitriles is 1. The molecule has 0 aliphatic heterocycles. The first-order valence-corrected chi connectivity index (χ1v) is 10.2. The Morgan fingerprint density at radius 2 is 2.26 bits per heavy atom. The van der Waals surface area contributed by atoms with Crippen LogP contribution >= 0.6 is 11.8 Å². The van der Waals surface area contributed by atoms with Crippen molar-refractivity contribution in [2.24, 2.45) is 5.92 Å². The molecule has 2 atom stereocenters. The van der Waals surface area contributed by atoms with Gasteiger partial charge in [-0.25, -0.2) is 9.97 Å². The second kappa shape index (κ2) is 8.53. The number of amides is 1. The predicted molar refractivity (Wildman–Crippen MR) is 108 cm³/mol. The van der Waals surface area contributed by atoms with Crippen molar-refractivity contribution in [3.05, 3.63) is 46.8 Å². The molecule has 2 heterocycles. The van der Waals surface area contributed by atoms with Crippen LogP contribution in [0.4, 0.5) is 5.82 Å². The van der Waals surface area contributed by atoms with Crippen molar-refractivity contribution in [1.29, 1.82) is 5.26 Å². The summed E-state index contributed by atoms with van der Waals surface area (Å²) in [6.45, 7) is 6.08. The summed E-state index contributed by atoms with van der Waals surface area (Å²) in [5.41, 5.74) is 3.67. The van der Waals surface area contributed by atoms with Crippen LogP contribution in [0, 0.1) is 24.2 Å². The third-order valence-corrected chi connectivity index (χ3v) is 6.14. The number of anilines is 1. The van der Waals surface area contributed by atoms with Gasteiger partial charge in [0.25, 0.3) is 0 Å². The van der Waals surface area contributed by atoms with Crippen molar-refractivity contribution >= 4 is 23.5 Å². The van der Waals surface area contributed by atoms with Crippen LogP contribution < -0.4 is 5.32 Å². The maximum Gasteiger partial charge on any atom is 0.239 e. The number of fused-ring (bicyclic) bond motifs is 1. The number of hydrogen-bond acceptors (Lipinski definition) is 5. The molecule has 0 fully saturated rings. The second-order valence-corrected chi connectivity index (χ2v) is 8.27. The minimum atomic E-state index is -0.326. The number of carbonyl (C=O) groups is 1. The number of aryl methyl sites for hydroxylation is 2. The van der Waals surface area contributed by atoms with E-state index in [-0.39, 0.29) is 11.2 Å². The van der Waals surface area contributed by atoms with Crippen LogP contribution in [0.2, 0.25) is 0 Å². The predicted octanol–water partition coefficient (Wildman–Crippen LogP) is 4.29. The molecule has 3 rings (SSSR count). The van der Waals surface area contributed by atoms with Gasteiger partial charge in [0.15, 0.2) is 0 Å². The fourth-order valence-corrected chi connectivity index (χ4v) is 4.27. The Balaban J connectivity index is 1.79. The number of carbonyl (C=O) groups excluding carboxylic acids is 1. The largest absolute Gasteiger partial charge is 0.310 e. The van der Waals surface area contributed by atoms with E-state index in [0.717, 1.165) is 30.7 Å². The van der Waals surface area contributed by atoms with Gasteiger partial charge >= 0.3 is 0 Å². The smallest absolute Gasteiger partial charge is 0.239 e. The number of nitrogens with one attached hydrogen (secondary N) is 1. The third-order valence-electron chi connectivity index (χ3n) is 4.78. The summed E-state index contributed by atoms with van der Waals surface area (Å²) >= 11 is 1.37. The van der Waals surface area contributed by atoms with Gasteiger partial charge in [-0.05, 0) is 62.3 Å². The molecule has 2 aromatic rings. The highest BCUT2D eigenvalue weighted by molar-refractivity contribution is 8.00. The number of pyridine rings is 2. The van der Waals surface area contributed by atoms with Gasteiger partial charge < -0.3 is 5.32 Å². The van der Waals surface area contributed by atoms with Crippen LogP contribution in [0.3, 0.4) is 0 Å². The van der Waals surface area contributed by atoms with Crippen molar-refractivity contribution in [3.63, 3.8) is 0 Å². The Kier molecular flexibility index (Phi) is 6.12. The van der Waals surface area contributed by atoms with Crippen molar-refractivity contribution in [2.75, 3.05) is 5.32 Å². The first-order valence-electron chi connectivity index (χ1n) is 9.34. The maximum atomic E-state index is 12.7. The highest BCUT2D eigenvalue weighted by Gasteiger charge is 2.24. The molecule has 0 saturated heterocycles. The number of aromatic nitrogens is 2. The van der Waals surface area contributed by atoms with Gasteiger partial charge in [-0.15, -0.1) is 0 Å². The normalized spacial score (nSPS) is 16.9. The van der Waals surface area contributed by atoms with E-state index in [4.69, 9.17) is 4.98 Å². The van der Waals surface area contributed by atoms with Crippen LogP contribution in [-0.4, -0.2) is 21.1 Å². The molecule has 0 aromatic carbocycles. The molecule has 0 saturated carbocycles. The molecule has 27 heavy (non-hydrogen) atoms. The lowest BCUT2D eigenvalue weighted by Crippen LogP contribution is -2.25. The Bertz CT molecular complexity index is 890. The minimum absolute atomic E-state index is 0.113. The molecular formula is C21H24N4OS. The summed E-state index contributed by atoms with van der Waals surface area (Å²) in [7, 11) is 0. The van der Waals surface area contributed by atoms with Crippen molar-refractivity contribution in [3.8, 4) is 6.07 Å². The molecule has 0 radical (unpaired) electrons. The Morgan fingerprint density at radius 1 is 1.44 bits per heavy atom. The van der Waals surface area contributed by atoms with Gasteiger partial charge in [0, 0.05) is 11.4 Å². The molecule has 5 nitrogen and oxygen atoms in total. The van der Waals surface area contributed by atoms with Crippen LogP contribution in [0.1, 0.15) is 49.2 Å². The van der Waals surface area contributed by atoms with E-state index >= 15 is 0 Å². The zero-order valence-electron chi connectivity index (χ0n) is 16.0. The lowest BCUT2D eigenvalue weighted by atomic mass is 9.87. The standard InChI is InChI=1S/C21H24N4OS/c1-4-18(20(26)25-19-7-5-6-14(3)23-19)27-21-16(12-22)11-15-10-13(2)8-9-17(15)24-21/h5-7,11,13,18H,4,8-10H2,1-3H3,(H,23,25,26). The van der Waals surface area contributed by atoms with Gasteiger partial charge in [-0.2, -0.15) is 5.26 Å². The van der Waals surface area contributed by atoms with Crippen molar-refractivity contribution in [1.82, 2.24) is 9.97 Å². The fraction of sp³-hybridized carbons (Fsp3) is 0.429. The molecule has 140 valence electrons. The van der Waals surface area contributed by atoms with E-state index in [1.807, 2.05) is 32.0 Å². The summed E-state index contributed by atoms with van der Waals surface area (Å²) in [6.07, 6.45) is 3.67. The van der Waals surface area contributed by atoms with Crippen LogP contribution in [0.25, 0.3) is 0 Å². The van der Waals surface area contributed by atoms with E-state index in [0.29, 0.717) is 28.7 Å². The van der Waals surface area contributed by atoms with E-state index in [1.54, 1.807) is 6.07 Å². The Hall–Kier alpha value is -2.39. The zero-order valence-corrected chi connectivity index (χ0v) is 16.8. The molecule has 1 aliphatic carbocycles. The van der Waals surface area contributed by atoms with E-state index in [1.165, 1.54) is 17.3 Å². The van der Waals surface area contributed by atoms with Gasteiger partial charge in [-0.1, -0.05) is 31.7 Å². The van der Waals surface area contributed by atoms with Crippen LogP contribution in [0.15, 0.2) is 29.3 Å². The average Bonchev–Trinajstić information content (AvgIpc) is 2.65. The minimum Gasteiger partial charge on any atom is -0.310 e. The Labute approximate surface area is 164 Å². The van der Waals surface area contributed by atoms with Crippen molar-refractivity contribution < 1.29 is 4.79 Å². The molecule has 0 spiro atoms. The molecule has 1 aliphatic rings. The number of rotatable bonds is 5. The fourth-order valence-electron chi connectivity index (χ4n) is 3.27. The maximum absolute atomic E-state index is 12.7. The average molecular weight is 381 g/mol. The van der Waals surface area contributed by atoms with E-state index in [9.17, 15) is 10.1 Å². The molecular weight excluding hydrogens is 356 g/mol. The third kappa shape index (κ3) is 4.67. The zero-order chi connectivity index (χ0) is 19.4. The first-order chi connectivity index (χ1) is 13.0. The highest BCUT2D eigenvalue weighted by atomic mass is 32.2. The van der Waals surface area contributed by atoms with Gasteiger partial charge in [0.05, 0.1) is 10.8 Å². The summed E-state index contributed by atoms with van der Waals surface area (Å²) in [5, 5.41) is 12.8. The van der Waals surface area contributed by atoms with Gasteiger partial charge in [0.2, 0.25) is 5.91 Å². The first kappa shape index (κ1) is 19.4. The summed E-state index contributed by atoms with van der Waals surface area (Å²) in [5.74, 6) is 1.06. The quantitative estimate of drug-likeness (QED) is 0.783. The molecule has 2 unspecified atom stereocenters. The summed E-state index contributed by atoms with van der Waals surface area (Å²) in [6, 6.07) is 9.76. The van der Waals surface area contributed by atoms with E-state index in [2.05, 4.69) is 23.3 Å². The monoisotopic (exact) mass is 380 g/mol. The Morgan fingerprint density at radius 3 is 2.96 bits per heavy atom.